The Balaban J connectivity index is 2.70. The van der Waals surface area contributed by atoms with Gasteiger partial charge in [-0.1, -0.05) is 27.7 Å². The molecule has 88 valence electrons. The fourth-order valence-corrected chi connectivity index (χ4v) is 2.80. The molecule has 0 amide bonds. The van der Waals surface area contributed by atoms with E-state index in [0.29, 0.717) is 11.8 Å². The van der Waals surface area contributed by atoms with E-state index in [1.807, 2.05) is 13.8 Å². The first kappa shape index (κ1) is 12.5. The van der Waals surface area contributed by atoms with Crippen molar-refractivity contribution in [2.75, 3.05) is 13.1 Å². The van der Waals surface area contributed by atoms with Crippen LogP contribution in [0.4, 0.5) is 0 Å². The van der Waals surface area contributed by atoms with E-state index >= 15 is 0 Å². The number of carbonyl (C=O) groups is 1. The fourth-order valence-electron chi connectivity index (χ4n) is 2.80. The molecule has 0 aromatic heterocycles. The molecule has 0 bridgehead atoms. The molecule has 3 atom stereocenters. The lowest BCUT2D eigenvalue weighted by atomic mass is 9.89. The summed E-state index contributed by atoms with van der Waals surface area (Å²) in [7, 11) is 0. The van der Waals surface area contributed by atoms with Gasteiger partial charge in [-0.25, -0.2) is 0 Å². The lowest BCUT2D eigenvalue weighted by Crippen LogP contribution is -2.50. The highest BCUT2D eigenvalue weighted by molar-refractivity contribution is 5.73. The molecule has 1 rings (SSSR count). The minimum Gasteiger partial charge on any atom is -0.480 e. The highest BCUT2D eigenvalue weighted by atomic mass is 16.4. The first-order valence-corrected chi connectivity index (χ1v) is 5.88. The number of carboxylic acids is 1. The molecule has 1 N–H and O–H groups in total. The average molecular weight is 213 g/mol. The molecular formula is C12H23NO2. The van der Waals surface area contributed by atoms with Gasteiger partial charge in [-0.05, 0) is 24.2 Å². The third-order valence-corrected chi connectivity index (χ3v) is 3.17. The van der Waals surface area contributed by atoms with Crippen molar-refractivity contribution >= 4 is 5.97 Å². The number of nitrogens with zero attached hydrogens (tertiary/aromatic N) is 1. The van der Waals surface area contributed by atoms with Crippen molar-refractivity contribution in [1.82, 2.24) is 4.90 Å². The van der Waals surface area contributed by atoms with Crippen LogP contribution in [0.2, 0.25) is 0 Å². The van der Waals surface area contributed by atoms with Gasteiger partial charge in [0.25, 0.3) is 0 Å². The lowest BCUT2D eigenvalue weighted by Gasteiger charge is -2.39. The Morgan fingerprint density at radius 2 is 1.73 bits per heavy atom. The number of likely N-dealkylation sites (tertiary alicyclic amines) is 1. The van der Waals surface area contributed by atoms with Crippen LogP contribution in [0.15, 0.2) is 0 Å². The van der Waals surface area contributed by atoms with Crippen molar-refractivity contribution in [3.8, 4) is 0 Å². The van der Waals surface area contributed by atoms with E-state index < -0.39 is 5.97 Å². The van der Waals surface area contributed by atoms with Crippen LogP contribution >= 0.6 is 0 Å². The summed E-state index contributed by atoms with van der Waals surface area (Å²) >= 11 is 0. The Morgan fingerprint density at radius 3 is 2.07 bits per heavy atom. The van der Waals surface area contributed by atoms with Crippen molar-refractivity contribution < 1.29 is 9.90 Å². The maximum absolute atomic E-state index is 11.2. The quantitative estimate of drug-likeness (QED) is 0.780. The first-order valence-electron chi connectivity index (χ1n) is 5.88. The zero-order valence-electron chi connectivity index (χ0n) is 10.2. The summed E-state index contributed by atoms with van der Waals surface area (Å²) < 4.78 is 0. The standard InChI is InChI=1S/C12H23NO2/c1-8(2)11(12(14)15)13-6-9(3)5-10(4)7-13/h8-11H,5-7H2,1-4H3,(H,14,15)/t9-,10-,11+/m1/s1. The van der Waals surface area contributed by atoms with E-state index in [-0.39, 0.29) is 12.0 Å². The van der Waals surface area contributed by atoms with Gasteiger partial charge in [0.2, 0.25) is 0 Å². The molecule has 0 aliphatic carbocycles. The molecule has 0 aromatic rings. The predicted molar refractivity (Wildman–Crippen MR) is 60.8 cm³/mol. The molecular weight excluding hydrogens is 190 g/mol. The van der Waals surface area contributed by atoms with Crippen LogP contribution in [0.3, 0.4) is 0 Å². The molecule has 0 saturated carbocycles. The number of hydrogen-bond acceptors (Lipinski definition) is 2. The topological polar surface area (TPSA) is 40.5 Å². The first-order chi connectivity index (χ1) is 6.91. The predicted octanol–water partition coefficient (Wildman–Crippen LogP) is 2.07. The Bertz CT molecular complexity index is 218. The Morgan fingerprint density at radius 1 is 1.27 bits per heavy atom. The Labute approximate surface area is 92.5 Å². The van der Waals surface area contributed by atoms with Crippen LogP contribution in [-0.4, -0.2) is 35.1 Å². The van der Waals surface area contributed by atoms with Crippen LogP contribution in [0.5, 0.6) is 0 Å². The van der Waals surface area contributed by atoms with Crippen LogP contribution in [0.1, 0.15) is 34.1 Å². The largest absolute Gasteiger partial charge is 0.480 e. The molecule has 0 aromatic carbocycles. The summed E-state index contributed by atoms with van der Waals surface area (Å²) in [6.45, 7) is 10.3. The Hall–Kier alpha value is -0.570. The van der Waals surface area contributed by atoms with Crippen LogP contribution < -0.4 is 0 Å². The highest BCUT2D eigenvalue weighted by Gasteiger charge is 2.33. The number of aliphatic carboxylic acids is 1. The molecule has 0 spiro atoms. The summed E-state index contributed by atoms with van der Waals surface area (Å²) in [6, 6.07) is -0.310. The summed E-state index contributed by atoms with van der Waals surface area (Å²) in [5, 5.41) is 9.23. The van der Waals surface area contributed by atoms with Crippen molar-refractivity contribution in [3.63, 3.8) is 0 Å². The van der Waals surface area contributed by atoms with Crippen LogP contribution in [-0.2, 0) is 4.79 Å². The van der Waals surface area contributed by atoms with Crippen LogP contribution in [0.25, 0.3) is 0 Å². The molecule has 1 heterocycles. The second-order valence-corrected chi connectivity index (χ2v) is 5.43. The highest BCUT2D eigenvalue weighted by Crippen LogP contribution is 2.25. The van der Waals surface area contributed by atoms with E-state index in [2.05, 4.69) is 18.7 Å². The maximum atomic E-state index is 11.2. The second-order valence-electron chi connectivity index (χ2n) is 5.43. The van der Waals surface area contributed by atoms with Gasteiger partial charge in [0, 0.05) is 13.1 Å². The molecule has 3 heteroatoms. The van der Waals surface area contributed by atoms with Gasteiger partial charge in [-0.2, -0.15) is 0 Å². The van der Waals surface area contributed by atoms with Crippen molar-refractivity contribution in [2.45, 2.75) is 40.2 Å². The van der Waals surface area contributed by atoms with Crippen molar-refractivity contribution in [1.29, 1.82) is 0 Å². The third-order valence-electron chi connectivity index (χ3n) is 3.17. The van der Waals surface area contributed by atoms with Crippen molar-refractivity contribution in [2.24, 2.45) is 17.8 Å². The summed E-state index contributed by atoms with van der Waals surface area (Å²) in [5.41, 5.74) is 0. The summed E-state index contributed by atoms with van der Waals surface area (Å²) in [4.78, 5) is 13.4. The van der Waals surface area contributed by atoms with E-state index in [1.165, 1.54) is 6.42 Å². The molecule has 1 saturated heterocycles. The third kappa shape index (κ3) is 3.20. The lowest BCUT2D eigenvalue weighted by molar-refractivity contribution is -0.146. The minimum absolute atomic E-state index is 0.181. The summed E-state index contributed by atoms with van der Waals surface area (Å²) in [6.07, 6.45) is 1.22. The molecule has 3 nitrogen and oxygen atoms in total. The van der Waals surface area contributed by atoms with Crippen LogP contribution in [0, 0.1) is 17.8 Å². The normalized spacial score (nSPS) is 30.5. The SMILES string of the molecule is CC(C)[C@@H](C(=O)O)N1C[C@H](C)C[C@@H](C)C1. The maximum Gasteiger partial charge on any atom is 0.321 e. The summed E-state index contributed by atoms with van der Waals surface area (Å²) in [5.74, 6) is 0.745. The molecule has 15 heavy (non-hydrogen) atoms. The van der Waals surface area contributed by atoms with E-state index in [1.54, 1.807) is 0 Å². The van der Waals surface area contributed by atoms with E-state index in [9.17, 15) is 9.90 Å². The van der Waals surface area contributed by atoms with Gasteiger partial charge >= 0.3 is 5.97 Å². The number of carboxylic acid groups (broad SMARTS) is 1. The van der Waals surface area contributed by atoms with Gasteiger partial charge in [-0.3, -0.25) is 9.69 Å². The molecule has 0 radical (unpaired) electrons. The molecule has 1 aliphatic heterocycles. The molecule has 0 unspecified atom stereocenters. The van der Waals surface area contributed by atoms with E-state index in [0.717, 1.165) is 13.1 Å². The van der Waals surface area contributed by atoms with Gasteiger partial charge in [0.05, 0.1) is 0 Å². The monoisotopic (exact) mass is 213 g/mol. The number of piperidine rings is 1. The smallest absolute Gasteiger partial charge is 0.321 e. The minimum atomic E-state index is -0.675. The zero-order valence-corrected chi connectivity index (χ0v) is 10.2. The average Bonchev–Trinajstić information content (AvgIpc) is 1.99. The van der Waals surface area contributed by atoms with Gasteiger partial charge in [0.1, 0.15) is 6.04 Å². The zero-order chi connectivity index (χ0) is 11.6. The fraction of sp³-hybridized carbons (Fsp3) is 0.917. The Kier molecular flexibility index (Phi) is 4.14. The van der Waals surface area contributed by atoms with Gasteiger partial charge in [-0.15, -0.1) is 0 Å². The number of rotatable bonds is 3. The van der Waals surface area contributed by atoms with Gasteiger partial charge in [0.15, 0.2) is 0 Å². The molecule has 1 fully saturated rings. The second kappa shape index (κ2) is 4.97. The van der Waals surface area contributed by atoms with E-state index in [4.69, 9.17) is 0 Å². The van der Waals surface area contributed by atoms with Gasteiger partial charge < -0.3 is 5.11 Å². The molecule has 1 aliphatic rings. The van der Waals surface area contributed by atoms with Crippen molar-refractivity contribution in [3.05, 3.63) is 0 Å². The number of hydrogen-bond donors (Lipinski definition) is 1.